The summed E-state index contributed by atoms with van der Waals surface area (Å²) in [6, 6.07) is 1.46. The van der Waals surface area contributed by atoms with Gasteiger partial charge in [0.15, 0.2) is 0 Å². The van der Waals surface area contributed by atoms with Gasteiger partial charge < -0.3 is 5.11 Å². The summed E-state index contributed by atoms with van der Waals surface area (Å²) < 4.78 is 27.4. The Morgan fingerprint density at radius 3 is 2.76 bits per heavy atom. The summed E-state index contributed by atoms with van der Waals surface area (Å²) in [6.07, 6.45) is 3.00. The Kier molecular flexibility index (Phi) is 3.64. The van der Waals surface area contributed by atoms with E-state index in [1.807, 2.05) is 0 Å². The minimum Gasteiger partial charge on any atom is -0.396 e. The molecular weight excluding hydrogens is 248 g/mol. The number of fused-ring (bicyclic) bond motifs is 1. The molecule has 1 aliphatic carbocycles. The lowest BCUT2D eigenvalue weighted by atomic mass is 9.93. The Balaban J connectivity index is 2.41. The van der Waals surface area contributed by atoms with Crippen molar-refractivity contribution in [1.29, 1.82) is 0 Å². The van der Waals surface area contributed by atoms with Gasteiger partial charge in [0.2, 0.25) is 0 Å². The molecule has 0 fully saturated rings. The summed E-state index contributed by atoms with van der Waals surface area (Å²) in [6.45, 7) is -0.569. The number of alkyl halides is 2. The lowest BCUT2D eigenvalue weighted by Crippen LogP contribution is -2.18. The maximum absolute atomic E-state index is 13.7. The van der Waals surface area contributed by atoms with Crippen molar-refractivity contribution in [3.8, 4) is 0 Å². The molecule has 0 saturated carbocycles. The van der Waals surface area contributed by atoms with Crippen molar-refractivity contribution >= 4 is 11.6 Å². The number of pyridine rings is 1. The Morgan fingerprint density at radius 1 is 1.35 bits per heavy atom. The molecular formula is C12H14ClF2NO. The molecule has 94 valence electrons. The minimum absolute atomic E-state index is 0.135. The first kappa shape index (κ1) is 12.7. The maximum Gasteiger partial charge on any atom is 0.278 e. The van der Waals surface area contributed by atoms with Gasteiger partial charge in [-0.1, -0.05) is 11.6 Å². The largest absolute Gasteiger partial charge is 0.396 e. The van der Waals surface area contributed by atoms with E-state index in [0.29, 0.717) is 0 Å². The van der Waals surface area contributed by atoms with Gasteiger partial charge in [-0.2, -0.15) is 0 Å². The fourth-order valence-electron chi connectivity index (χ4n) is 2.14. The first-order chi connectivity index (χ1) is 8.04. The molecule has 0 amide bonds. The zero-order valence-corrected chi connectivity index (χ0v) is 10.1. The maximum atomic E-state index is 13.7. The fourth-order valence-corrected chi connectivity index (χ4v) is 2.43. The number of aromatic nitrogens is 1. The normalized spacial score (nSPS) is 15.8. The number of aryl methyl sites for hydroxylation is 2. The van der Waals surface area contributed by atoms with E-state index < -0.39 is 19.0 Å². The van der Waals surface area contributed by atoms with Crippen LogP contribution in [-0.2, 0) is 18.8 Å². The van der Waals surface area contributed by atoms with Crippen LogP contribution in [0.25, 0.3) is 0 Å². The highest BCUT2D eigenvalue weighted by atomic mass is 35.5. The molecule has 0 aliphatic heterocycles. The summed E-state index contributed by atoms with van der Waals surface area (Å²) in [5.74, 6) is -3.11. The second-order valence-electron chi connectivity index (χ2n) is 4.32. The average molecular weight is 262 g/mol. The van der Waals surface area contributed by atoms with Gasteiger partial charge in [-0.15, -0.1) is 0 Å². The Hall–Kier alpha value is -0.740. The SMILES string of the molecule is OCCC(F)(F)c1cc2c(nc1Cl)CCCC2. The highest BCUT2D eigenvalue weighted by molar-refractivity contribution is 6.30. The van der Waals surface area contributed by atoms with Gasteiger partial charge in [0.25, 0.3) is 5.92 Å². The van der Waals surface area contributed by atoms with Crippen LogP contribution in [0.4, 0.5) is 8.78 Å². The van der Waals surface area contributed by atoms with E-state index in [1.54, 1.807) is 0 Å². The van der Waals surface area contributed by atoms with Crippen molar-refractivity contribution in [2.24, 2.45) is 0 Å². The first-order valence-electron chi connectivity index (χ1n) is 5.72. The lowest BCUT2D eigenvalue weighted by Gasteiger charge is -2.21. The minimum atomic E-state index is -3.11. The predicted octanol–water partition coefficient (Wildman–Crippen LogP) is 3.09. The van der Waals surface area contributed by atoms with Crippen molar-refractivity contribution in [2.45, 2.75) is 38.0 Å². The Morgan fingerprint density at radius 2 is 2.06 bits per heavy atom. The summed E-state index contributed by atoms with van der Waals surface area (Å²) in [7, 11) is 0. The molecule has 1 aromatic rings. The van der Waals surface area contributed by atoms with E-state index in [1.165, 1.54) is 6.07 Å². The molecule has 1 aliphatic rings. The van der Waals surface area contributed by atoms with Gasteiger partial charge in [-0.05, 0) is 37.3 Å². The third kappa shape index (κ3) is 2.58. The van der Waals surface area contributed by atoms with Crippen molar-refractivity contribution in [3.05, 3.63) is 28.0 Å². The summed E-state index contributed by atoms with van der Waals surface area (Å²) in [4.78, 5) is 4.07. The van der Waals surface area contributed by atoms with Crippen LogP contribution in [0.2, 0.25) is 5.15 Å². The fraction of sp³-hybridized carbons (Fsp3) is 0.583. The molecule has 1 heterocycles. The Bertz CT molecular complexity index is 423. The Labute approximate surface area is 104 Å². The van der Waals surface area contributed by atoms with Gasteiger partial charge in [-0.25, -0.2) is 13.8 Å². The van der Waals surface area contributed by atoms with Crippen molar-refractivity contribution in [2.75, 3.05) is 6.61 Å². The first-order valence-corrected chi connectivity index (χ1v) is 6.10. The summed E-state index contributed by atoms with van der Waals surface area (Å²) >= 11 is 5.81. The van der Waals surface area contributed by atoms with E-state index >= 15 is 0 Å². The zero-order valence-electron chi connectivity index (χ0n) is 9.35. The number of aliphatic hydroxyl groups excluding tert-OH is 1. The smallest absolute Gasteiger partial charge is 0.278 e. The van der Waals surface area contributed by atoms with Crippen LogP contribution in [0, 0.1) is 0 Å². The number of nitrogens with zero attached hydrogens (tertiary/aromatic N) is 1. The van der Waals surface area contributed by atoms with Gasteiger partial charge in [0.1, 0.15) is 5.15 Å². The number of aliphatic hydroxyl groups is 1. The molecule has 0 spiro atoms. The molecule has 0 aromatic carbocycles. The molecule has 0 saturated heterocycles. The van der Waals surface area contributed by atoms with E-state index in [2.05, 4.69) is 4.98 Å². The monoisotopic (exact) mass is 261 g/mol. The van der Waals surface area contributed by atoms with Gasteiger partial charge in [0, 0.05) is 18.7 Å². The topological polar surface area (TPSA) is 33.1 Å². The average Bonchev–Trinajstić information content (AvgIpc) is 2.27. The van der Waals surface area contributed by atoms with E-state index in [-0.39, 0.29) is 10.7 Å². The predicted molar refractivity (Wildman–Crippen MR) is 61.5 cm³/mol. The molecule has 0 unspecified atom stereocenters. The number of rotatable bonds is 3. The van der Waals surface area contributed by atoms with Crippen LogP contribution in [0.15, 0.2) is 6.07 Å². The van der Waals surface area contributed by atoms with Crippen LogP contribution < -0.4 is 0 Å². The molecule has 0 radical (unpaired) electrons. The number of halogens is 3. The lowest BCUT2D eigenvalue weighted by molar-refractivity contribution is -0.0272. The van der Waals surface area contributed by atoms with Crippen LogP contribution in [0.5, 0.6) is 0 Å². The zero-order chi connectivity index (χ0) is 12.5. The van der Waals surface area contributed by atoms with Gasteiger partial charge in [-0.3, -0.25) is 0 Å². The summed E-state index contributed by atoms with van der Waals surface area (Å²) in [5, 5.41) is 8.51. The van der Waals surface area contributed by atoms with Crippen molar-refractivity contribution in [1.82, 2.24) is 4.98 Å². The van der Waals surface area contributed by atoms with E-state index in [4.69, 9.17) is 16.7 Å². The molecule has 17 heavy (non-hydrogen) atoms. The molecule has 0 bridgehead atoms. The second-order valence-corrected chi connectivity index (χ2v) is 4.68. The van der Waals surface area contributed by atoms with Crippen molar-refractivity contribution < 1.29 is 13.9 Å². The standard InChI is InChI=1S/C12H14ClF2NO/c13-11-9(12(14,15)5-6-17)7-8-3-1-2-4-10(8)16-11/h7,17H,1-6H2. The molecule has 1 aromatic heterocycles. The second kappa shape index (κ2) is 4.86. The quantitative estimate of drug-likeness (QED) is 0.849. The highest BCUT2D eigenvalue weighted by Crippen LogP contribution is 2.37. The van der Waals surface area contributed by atoms with E-state index in [0.717, 1.165) is 36.9 Å². The summed E-state index contributed by atoms with van der Waals surface area (Å²) in [5.41, 5.74) is 1.45. The molecule has 0 atom stereocenters. The van der Waals surface area contributed by atoms with Crippen LogP contribution >= 0.6 is 11.6 Å². The van der Waals surface area contributed by atoms with Gasteiger partial charge in [0.05, 0.1) is 5.56 Å². The highest BCUT2D eigenvalue weighted by Gasteiger charge is 2.34. The van der Waals surface area contributed by atoms with Crippen LogP contribution in [0.1, 0.15) is 36.1 Å². The molecule has 2 rings (SSSR count). The third-order valence-electron chi connectivity index (χ3n) is 3.07. The van der Waals surface area contributed by atoms with E-state index in [9.17, 15) is 8.78 Å². The third-order valence-corrected chi connectivity index (χ3v) is 3.36. The van der Waals surface area contributed by atoms with Crippen LogP contribution in [-0.4, -0.2) is 16.7 Å². The molecule has 2 nitrogen and oxygen atoms in total. The van der Waals surface area contributed by atoms with Crippen LogP contribution in [0.3, 0.4) is 0 Å². The molecule has 5 heteroatoms. The molecule has 1 N–H and O–H groups in total. The number of hydrogen-bond donors (Lipinski definition) is 1. The van der Waals surface area contributed by atoms with Gasteiger partial charge >= 0.3 is 0 Å². The number of hydrogen-bond acceptors (Lipinski definition) is 2. The van der Waals surface area contributed by atoms with Crippen molar-refractivity contribution in [3.63, 3.8) is 0 Å².